The number of aryl methyl sites for hydroxylation is 2. The van der Waals surface area contributed by atoms with Crippen LogP contribution >= 0.6 is 11.6 Å². The number of hydrogen-bond acceptors (Lipinski definition) is 7. The van der Waals surface area contributed by atoms with Crippen LogP contribution in [0.1, 0.15) is 45.8 Å². The van der Waals surface area contributed by atoms with E-state index in [-0.39, 0.29) is 11.4 Å². The smallest absolute Gasteiger partial charge is 0.379 e. The van der Waals surface area contributed by atoms with E-state index in [0.29, 0.717) is 40.6 Å². The van der Waals surface area contributed by atoms with Crippen molar-refractivity contribution in [2.45, 2.75) is 33.1 Å². The van der Waals surface area contributed by atoms with Gasteiger partial charge in [-0.2, -0.15) is 5.10 Å². The molecule has 0 atom stereocenters. The van der Waals surface area contributed by atoms with Crippen LogP contribution in [0.4, 0.5) is 11.4 Å². The van der Waals surface area contributed by atoms with E-state index < -0.39 is 10.9 Å². The molecule has 1 N–H and O–H groups in total. The van der Waals surface area contributed by atoms with Crippen molar-refractivity contribution in [3.8, 4) is 5.75 Å². The number of esters is 1. The number of nitro benzene ring substituents is 1. The molecular formula is C23H20ClN3O5. The average Bonchev–Trinajstić information content (AvgIpc) is 3.12. The molecule has 0 bridgehead atoms. The quantitative estimate of drug-likeness (QED) is 0.225. The van der Waals surface area contributed by atoms with Crippen LogP contribution in [0.25, 0.3) is 0 Å². The van der Waals surface area contributed by atoms with Gasteiger partial charge >= 0.3 is 5.97 Å². The van der Waals surface area contributed by atoms with Gasteiger partial charge in [-0.25, -0.2) is 4.79 Å². The lowest BCUT2D eigenvalue weighted by Gasteiger charge is -2.13. The van der Waals surface area contributed by atoms with Gasteiger partial charge in [-0.05, 0) is 62.6 Å². The highest BCUT2D eigenvalue weighted by molar-refractivity contribution is 6.31. The van der Waals surface area contributed by atoms with Crippen LogP contribution in [0, 0.1) is 24.0 Å². The lowest BCUT2D eigenvalue weighted by atomic mass is 9.93. The van der Waals surface area contributed by atoms with Gasteiger partial charge in [-0.3, -0.25) is 15.5 Å². The second-order valence-electron chi connectivity index (χ2n) is 7.48. The molecule has 1 heterocycles. The van der Waals surface area contributed by atoms with Crippen molar-refractivity contribution in [2.75, 3.05) is 5.43 Å². The molecular weight excluding hydrogens is 434 g/mol. The van der Waals surface area contributed by atoms with Crippen LogP contribution in [-0.4, -0.2) is 16.6 Å². The topological polar surface area (TPSA) is 107 Å². The number of carbonyl (C=O) groups excluding carboxylic acids is 1. The van der Waals surface area contributed by atoms with Crippen molar-refractivity contribution < 1.29 is 18.9 Å². The molecule has 8 nitrogen and oxygen atoms in total. The average molecular weight is 454 g/mol. The number of fused-ring (bicyclic) bond motifs is 1. The van der Waals surface area contributed by atoms with Gasteiger partial charge in [0.05, 0.1) is 16.3 Å². The Balaban J connectivity index is 1.56. The van der Waals surface area contributed by atoms with E-state index in [1.807, 2.05) is 6.92 Å². The molecule has 0 saturated carbocycles. The number of furan rings is 1. The zero-order valence-electron chi connectivity index (χ0n) is 17.5. The monoisotopic (exact) mass is 453 g/mol. The van der Waals surface area contributed by atoms with Gasteiger partial charge in [0.15, 0.2) is 0 Å². The number of halogens is 1. The molecule has 0 amide bonds. The molecule has 9 heteroatoms. The first-order valence-corrected chi connectivity index (χ1v) is 10.4. The number of hydrogen-bond donors (Lipinski definition) is 1. The number of carbonyl (C=O) groups is 1. The normalized spacial score (nSPS) is 14.2. The Labute approximate surface area is 189 Å². The number of rotatable bonds is 5. The summed E-state index contributed by atoms with van der Waals surface area (Å²) in [4.78, 5) is 23.1. The second kappa shape index (κ2) is 8.84. The van der Waals surface area contributed by atoms with Gasteiger partial charge < -0.3 is 9.15 Å². The van der Waals surface area contributed by atoms with Crippen molar-refractivity contribution in [3.05, 3.63) is 85.8 Å². The second-order valence-corrected chi connectivity index (χ2v) is 7.89. The van der Waals surface area contributed by atoms with E-state index in [4.69, 9.17) is 20.8 Å². The molecule has 0 radical (unpaired) electrons. The molecule has 0 unspecified atom stereocenters. The first-order valence-electron chi connectivity index (χ1n) is 10.0. The summed E-state index contributed by atoms with van der Waals surface area (Å²) in [6.45, 7) is 3.63. The predicted molar refractivity (Wildman–Crippen MR) is 121 cm³/mol. The molecule has 1 aliphatic rings. The third kappa shape index (κ3) is 4.36. The van der Waals surface area contributed by atoms with Gasteiger partial charge in [0.25, 0.3) is 5.69 Å². The third-order valence-electron chi connectivity index (χ3n) is 5.25. The summed E-state index contributed by atoms with van der Waals surface area (Å²) in [5, 5.41) is 15.9. The maximum Gasteiger partial charge on any atom is 0.379 e. The van der Waals surface area contributed by atoms with Crippen molar-refractivity contribution in [1.29, 1.82) is 0 Å². The number of non-ortho nitro benzene ring substituents is 1. The molecule has 0 saturated heterocycles. The van der Waals surface area contributed by atoms with Crippen LogP contribution in [-0.2, 0) is 6.42 Å². The third-order valence-corrected chi connectivity index (χ3v) is 5.67. The van der Waals surface area contributed by atoms with E-state index in [1.54, 1.807) is 37.3 Å². The molecule has 0 fully saturated rings. The van der Waals surface area contributed by atoms with E-state index in [9.17, 15) is 14.9 Å². The number of anilines is 1. The summed E-state index contributed by atoms with van der Waals surface area (Å²) in [6.07, 6.45) is 2.23. The first-order chi connectivity index (χ1) is 15.3. The van der Waals surface area contributed by atoms with E-state index >= 15 is 0 Å². The van der Waals surface area contributed by atoms with Crippen LogP contribution in [0.5, 0.6) is 5.75 Å². The highest BCUT2D eigenvalue weighted by atomic mass is 35.5. The summed E-state index contributed by atoms with van der Waals surface area (Å²) < 4.78 is 11.4. The molecule has 1 aromatic heterocycles. The maximum atomic E-state index is 12.8. The molecule has 3 aromatic rings. The zero-order valence-corrected chi connectivity index (χ0v) is 18.2. The number of nitrogens with zero attached hydrogens (tertiary/aromatic N) is 2. The Bertz CT molecular complexity index is 1230. The van der Waals surface area contributed by atoms with Gasteiger partial charge in [-0.1, -0.05) is 11.6 Å². The van der Waals surface area contributed by atoms with Crippen molar-refractivity contribution >= 4 is 34.7 Å². The first kappa shape index (κ1) is 21.6. The number of benzene rings is 2. The summed E-state index contributed by atoms with van der Waals surface area (Å²) in [6, 6.07) is 11.0. The summed E-state index contributed by atoms with van der Waals surface area (Å²) in [5.74, 6) is 0.644. The Morgan fingerprint density at radius 3 is 2.62 bits per heavy atom. The van der Waals surface area contributed by atoms with E-state index in [0.717, 1.165) is 23.3 Å². The fourth-order valence-corrected chi connectivity index (χ4v) is 3.72. The van der Waals surface area contributed by atoms with Gasteiger partial charge in [-0.15, -0.1) is 0 Å². The van der Waals surface area contributed by atoms with Gasteiger partial charge in [0.1, 0.15) is 11.5 Å². The Kier molecular flexibility index (Phi) is 5.96. The lowest BCUT2D eigenvalue weighted by Crippen LogP contribution is -2.13. The molecule has 2 aromatic carbocycles. The number of ether oxygens (including phenoxy) is 1. The van der Waals surface area contributed by atoms with Gasteiger partial charge in [0.2, 0.25) is 5.76 Å². The number of hydrazone groups is 1. The lowest BCUT2D eigenvalue weighted by molar-refractivity contribution is -0.384. The SMILES string of the molecule is Cc1cc(OC(=O)c2oc3c(c2C)/C(=N/Nc2ccc([N+](=O)[O-])cc2)CCC3)ccc1Cl. The fraction of sp³-hybridized carbons (Fsp3) is 0.217. The van der Waals surface area contributed by atoms with E-state index in [2.05, 4.69) is 10.5 Å². The Morgan fingerprint density at radius 1 is 1.19 bits per heavy atom. The number of nitro groups is 1. The zero-order chi connectivity index (χ0) is 22.8. The van der Waals surface area contributed by atoms with Crippen LogP contribution < -0.4 is 10.2 Å². The largest absolute Gasteiger partial charge is 0.453 e. The molecule has 4 rings (SSSR count). The van der Waals surface area contributed by atoms with Crippen molar-refractivity contribution in [1.82, 2.24) is 0 Å². The minimum Gasteiger partial charge on any atom is -0.453 e. The molecule has 0 aliphatic heterocycles. The van der Waals surface area contributed by atoms with Crippen molar-refractivity contribution in [2.24, 2.45) is 5.10 Å². The fourth-order valence-electron chi connectivity index (χ4n) is 3.60. The molecule has 0 spiro atoms. The molecule has 1 aliphatic carbocycles. The van der Waals surface area contributed by atoms with Crippen molar-refractivity contribution in [3.63, 3.8) is 0 Å². The van der Waals surface area contributed by atoms with Crippen LogP contribution in [0.3, 0.4) is 0 Å². The highest BCUT2D eigenvalue weighted by Crippen LogP contribution is 2.31. The minimum atomic E-state index is -0.582. The Hall–Kier alpha value is -3.65. The molecule has 32 heavy (non-hydrogen) atoms. The Morgan fingerprint density at radius 2 is 1.94 bits per heavy atom. The highest BCUT2D eigenvalue weighted by Gasteiger charge is 2.29. The van der Waals surface area contributed by atoms with Crippen LogP contribution in [0.2, 0.25) is 5.02 Å². The summed E-state index contributed by atoms with van der Waals surface area (Å²) >= 11 is 6.03. The van der Waals surface area contributed by atoms with Gasteiger partial charge in [0, 0.05) is 34.7 Å². The van der Waals surface area contributed by atoms with Crippen LogP contribution in [0.15, 0.2) is 52.0 Å². The standard InChI is InChI=1S/C23H20ClN3O5/c1-13-12-17(10-11-18(13)24)31-23(28)22-14(2)21-19(4-3-5-20(21)32-22)26-25-15-6-8-16(9-7-15)27(29)30/h6-12,25H,3-5H2,1-2H3/b26-19+. The number of nitrogens with one attached hydrogen (secondary N) is 1. The predicted octanol–water partition coefficient (Wildman–Crippen LogP) is 5.83. The molecule has 164 valence electrons. The summed E-state index contributed by atoms with van der Waals surface area (Å²) in [5.41, 5.74) is 6.58. The maximum absolute atomic E-state index is 12.8. The minimum absolute atomic E-state index is 0.00729. The summed E-state index contributed by atoms with van der Waals surface area (Å²) in [7, 11) is 0. The van der Waals surface area contributed by atoms with E-state index in [1.165, 1.54) is 12.1 Å².